The van der Waals surface area contributed by atoms with E-state index in [1.165, 1.54) is 4.31 Å². The number of nitrogens with one attached hydrogen (secondary N) is 1. The molecule has 0 saturated carbocycles. The maximum Gasteiger partial charge on any atom is 0.243 e. The van der Waals surface area contributed by atoms with E-state index in [0.717, 1.165) is 31.6 Å². The topological polar surface area (TPSA) is 82.1 Å². The van der Waals surface area contributed by atoms with Crippen LogP contribution in [0.5, 0.6) is 0 Å². The zero-order valence-corrected chi connectivity index (χ0v) is 18.2. The summed E-state index contributed by atoms with van der Waals surface area (Å²) in [5.74, 6) is 0. The summed E-state index contributed by atoms with van der Waals surface area (Å²) in [6.07, 6.45) is 1.10. The smallest absolute Gasteiger partial charge is 0.243 e. The molecule has 1 atom stereocenters. The van der Waals surface area contributed by atoms with Crippen molar-refractivity contribution in [3.8, 4) is 0 Å². The third kappa shape index (κ3) is 4.43. The van der Waals surface area contributed by atoms with Gasteiger partial charge in [-0.3, -0.25) is 0 Å². The second-order valence-electron chi connectivity index (χ2n) is 7.46. The second kappa shape index (κ2) is 9.11. The molecule has 2 saturated heterocycles. The SMILES string of the molecule is O=S(=O)(c1ccc(N2CCCC2)c(NC(O)c2ccccc2Cl)c1)N1CCOCC1. The number of benzene rings is 2. The number of rotatable bonds is 6. The molecule has 0 amide bonds. The van der Waals surface area contributed by atoms with Crippen molar-refractivity contribution in [3.05, 3.63) is 53.1 Å². The normalized spacial score (nSPS) is 19.1. The van der Waals surface area contributed by atoms with Crippen LogP contribution in [0.25, 0.3) is 0 Å². The fourth-order valence-corrected chi connectivity index (χ4v) is 5.56. The molecule has 2 aromatic carbocycles. The Morgan fingerprint density at radius 1 is 1.03 bits per heavy atom. The molecule has 4 rings (SSSR count). The van der Waals surface area contributed by atoms with Gasteiger partial charge >= 0.3 is 0 Å². The van der Waals surface area contributed by atoms with Crippen LogP contribution < -0.4 is 10.2 Å². The Balaban J connectivity index is 1.68. The number of hydrogen-bond acceptors (Lipinski definition) is 6. The summed E-state index contributed by atoms with van der Waals surface area (Å²) in [7, 11) is -3.65. The maximum atomic E-state index is 13.1. The Labute approximate surface area is 182 Å². The predicted molar refractivity (Wildman–Crippen MR) is 118 cm³/mol. The highest BCUT2D eigenvalue weighted by molar-refractivity contribution is 7.89. The number of anilines is 2. The molecule has 0 bridgehead atoms. The van der Waals surface area contributed by atoms with Gasteiger partial charge < -0.3 is 20.1 Å². The van der Waals surface area contributed by atoms with Gasteiger partial charge in [-0.1, -0.05) is 29.8 Å². The zero-order chi connectivity index (χ0) is 21.1. The third-order valence-corrected chi connectivity index (χ3v) is 7.75. The van der Waals surface area contributed by atoms with E-state index in [4.69, 9.17) is 16.3 Å². The molecule has 2 N–H and O–H groups in total. The number of nitrogens with zero attached hydrogens (tertiary/aromatic N) is 2. The van der Waals surface area contributed by atoms with Crippen LogP contribution in [0.1, 0.15) is 24.6 Å². The van der Waals surface area contributed by atoms with Gasteiger partial charge in [-0.2, -0.15) is 4.31 Å². The van der Waals surface area contributed by atoms with E-state index in [1.54, 1.807) is 36.4 Å². The Kier molecular flexibility index (Phi) is 6.50. The van der Waals surface area contributed by atoms with E-state index < -0.39 is 16.3 Å². The monoisotopic (exact) mass is 451 g/mol. The molecule has 2 fully saturated rings. The molecule has 1 unspecified atom stereocenters. The highest BCUT2D eigenvalue weighted by Crippen LogP contribution is 2.35. The number of aliphatic hydroxyl groups excluding tert-OH is 1. The molecule has 2 aliphatic heterocycles. The van der Waals surface area contributed by atoms with Crippen LogP contribution in [0, 0.1) is 0 Å². The average Bonchev–Trinajstić information content (AvgIpc) is 3.29. The highest BCUT2D eigenvalue weighted by Gasteiger charge is 2.28. The van der Waals surface area contributed by atoms with Gasteiger partial charge in [0.15, 0.2) is 6.23 Å². The molecule has 0 aliphatic carbocycles. The van der Waals surface area contributed by atoms with Gasteiger partial charge in [0.25, 0.3) is 0 Å². The summed E-state index contributed by atoms with van der Waals surface area (Å²) in [5, 5.41) is 14.3. The maximum absolute atomic E-state index is 13.1. The highest BCUT2D eigenvalue weighted by atomic mass is 35.5. The van der Waals surface area contributed by atoms with Crippen LogP contribution in [0.4, 0.5) is 11.4 Å². The lowest BCUT2D eigenvalue weighted by Crippen LogP contribution is -2.40. The van der Waals surface area contributed by atoms with Crippen LogP contribution >= 0.6 is 11.6 Å². The Bertz CT molecular complexity index is 989. The van der Waals surface area contributed by atoms with E-state index in [2.05, 4.69) is 10.2 Å². The van der Waals surface area contributed by atoms with E-state index >= 15 is 0 Å². The third-order valence-electron chi connectivity index (χ3n) is 5.51. The van der Waals surface area contributed by atoms with Crippen molar-refractivity contribution < 1.29 is 18.3 Å². The van der Waals surface area contributed by atoms with Crippen molar-refractivity contribution in [2.45, 2.75) is 24.0 Å². The molecule has 162 valence electrons. The molecule has 2 aromatic rings. The summed E-state index contributed by atoms with van der Waals surface area (Å²) in [5.41, 5.74) is 1.98. The molecular formula is C21H26ClN3O4S. The molecule has 2 aliphatic rings. The van der Waals surface area contributed by atoms with Crippen molar-refractivity contribution >= 4 is 33.0 Å². The van der Waals surface area contributed by atoms with E-state index in [9.17, 15) is 13.5 Å². The van der Waals surface area contributed by atoms with Crippen LogP contribution in [-0.2, 0) is 14.8 Å². The van der Waals surface area contributed by atoms with Gasteiger partial charge in [0, 0.05) is 36.8 Å². The van der Waals surface area contributed by atoms with E-state index in [-0.39, 0.29) is 4.90 Å². The lowest BCUT2D eigenvalue weighted by molar-refractivity contribution is 0.0730. The number of aliphatic hydroxyl groups is 1. The van der Waals surface area contributed by atoms with Crippen molar-refractivity contribution in [2.75, 3.05) is 49.6 Å². The molecule has 7 nitrogen and oxygen atoms in total. The minimum atomic E-state index is -3.65. The standard InChI is InChI=1S/C21H26ClN3O4S/c22-18-6-2-1-5-17(18)21(26)23-19-15-16(7-8-20(19)24-9-3-4-10-24)30(27,28)25-11-13-29-14-12-25/h1-2,5-8,15,21,23,26H,3-4,9-14H2. The van der Waals surface area contributed by atoms with Gasteiger partial charge in [-0.25, -0.2) is 8.42 Å². The van der Waals surface area contributed by atoms with Gasteiger partial charge in [0.1, 0.15) is 0 Å². The summed E-state index contributed by atoms with van der Waals surface area (Å²) >= 11 is 6.23. The number of sulfonamides is 1. The quantitative estimate of drug-likeness (QED) is 0.657. The minimum absolute atomic E-state index is 0.196. The summed E-state index contributed by atoms with van der Waals surface area (Å²) in [6.45, 7) is 3.24. The molecular weight excluding hydrogens is 426 g/mol. The molecule has 30 heavy (non-hydrogen) atoms. The molecule has 0 aromatic heterocycles. The minimum Gasteiger partial charge on any atom is -0.379 e. The first kappa shape index (κ1) is 21.4. The largest absolute Gasteiger partial charge is 0.379 e. The van der Waals surface area contributed by atoms with Crippen molar-refractivity contribution in [1.29, 1.82) is 0 Å². The van der Waals surface area contributed by atoms with Gasteiger partial charge in [0.05, 0.1) is 29.5 Å². The van der Waals surface area contributed by atoms with Crippen LogP contribution in [0.2, 0.25) is 5.02 Å². The Morgan fingerprint density at radius 2 is 1.73 bits per heavy atom. The van der Waals surface area contributed by atoms with Crippen LogP contribution in [-0.4, -0.2) is 57.2 Å². The summed E-state index contributed by atoms with van der Waals surface area (Å²) in [4.78, 5) is 2.40. The van der Waals surface area contributed by atoms with Gasteiger partial charge in [-0.15, -0.1) is 0 Å². The number of hydrogen-bond donors (Lipinski definition) is 2. The average molecular weight is 452 g/mol. The molecule has 0 spiro atoms. The molecule has 2 heterocycles. The fourth-order valence-electron chi connectivity index (χ4n) is 3.88. The number of morpholine rings is 1. The fraction of sp³-hybridized carbons (Fsp3) is 0.429. The summed E-state index contributed by atoms with van der Waals surface area (Å²) < 4.78 is 33.0. The van der Waals surface area contributed by atoms with Crippen LogP contribution in [0.15, 0.2) is 47.4 Å². The molecule has 9 heteroatoms. The van der Waals surface area contributed by atoms with Crippen molar-refractivity contribution in [2.24, 2.45) is 0 Å². The zero-order valence-electron chi connectivity index (χ0n) is 16.6. The Morgan fingerprint density at radius 3 is 2.43 bits per heavy atom. The first-order valence-electron chi connectivity index (χ1n) is 10.1. The first-order valence-corrected chi connectivity index (χ1v) is 11.9. The molecule has 0 radical (unpaired) electrons. The number of ether oxygens (including phenoxy) is 1. The van der Waals surface area contributed by atoms with Gasteiger partial charge in [0.2, 0.25) is 10.0 Å². The van der Waals surface area contributed by atoms with Crippen molar-refractivity contribution in [1.82, 2.24) is 4.31 Å². The lowest BCUT2D eigenvalue weighted by Gasteiger charge is -2.28. The van der Waals surface area contributed by atoms with E-state index in [0.29, 0.717) is 42.6 Å². The lowest BCUT2D eigenvalue weighted by atomic mass is 10.1. The van der Waals surface area contributed by atoms with Crippen LogP contribution in [0.3, 0.4) is 0 Å². The first-order chi connectivity index (χ1) is 14.5. The van der Waals surface area contributed by atoms with Gasteiger partial charge in [-0.05, 0) is 37.1 Å². The predicted octanol–water partition coefficient (Wildman–Crippen LogP) is 3.06. The van der Waals surface area contributed by atoms with Crippen molar-refractivity contribution in [3.63, 3.8) is 0 Å². The number of halogens is 1. The second-order valence-corrected chi connectivity index (χ2v) is 9.80. The summed E-state index contributed by atoms with van der Waals surface area (Å²) in [6, 6.07) is 12.1. The Hall–Kier alpha value is -1.84. The van der Waals surface area contributed by atoms with E-state index in [1.807, 2.05) is 6.07 Å².